The molecule has 5 heteroatoms. The number of para-hydroxylation sites is 1. The summed E-state index contributed by atoms with van der Waals surface area (Å²) >= 11 is 5.21. The summed E-state index contributed by atoms with van der Waals surface area (Å²) in [5.41, 5.74) is 4.44. The molecule has 2 aliphatic rings. The third-order valence-electron chi connectivity index (χ3n) is 3.05. The lowest BCUT2D eigenvalue weighted by atomic mass is 10.3. The predicted octanol–water partition coefficient (Wildman–Crippen LogP) is 1.84. The van der Waals surface area contributed by atoms with Crippen LogP contribution in [0.15, 0.2) is 35.3 Å². The molecular formula is C13H16N4S. The molecule has 0 amide bonds. The molecule has 1 saturated carbocycles. The highest BCUT2D eigenvalue weighted by molar-refractivity contribution is 7.80. The average molecular weight is 260 g/mol. The Morgan fingerprint density at radius 2 is 2.11 bits per heavy atom. The van der Waals surface area contributed by atoms with Crippen molar-refractivity contribution in [3.63, 3.8) is 0 Å². The molecule has 1 heterocycles. The van der Waals surface area contributed by atoms with Gasteiger partial charge in [0.05, 0.1) is 5.69 Å². The zero-order valence-electron chi connectivity index (χ0n) is 10.1. The van der Waals surface area contributed by atoms with Crippen molar-refractivity contribution in [1.29, 1.82) is 0 Å². The van der Waals surface area contributed by atoms with Gasteiger partial charge in [0, 0.05) is 19.0 Å². The first-order valence-electron chi connectivity index (χ1n) is 6.28. The van der Waals surface area contributed by atoms with Crippen LogP contribution in [0.4, 0.5) is 5.69 Å². The standard InChI is InChI=1S/C13H16N4S/c18-13(14-10-6-7-10)15-12-8-9-17(16-12)11-4-2-1-3-5-11/h1-5,10H,6-9H2,(H2,14,15,16,18). The molecule has 0 unspecified atom stereocenters. The van der Waals surface area contributed by atoms with Crippen molar-refractivity contribution < 1.29 is 0 Å². The van der Waals surface area contributed by atoms with Crippen molar-refractivity contribution in [2.75, 3.05) is 11.6 Å². The molecule has 1 saturated heterocycles. The van der Waals surface area contributed by atoms with E-state index in [0.29, 0.717) is 11.2 Å². The Morgan fingerprint density at radius 1 is 1.33 bits per heavy atom. The van der Waals surface area contributed by atoms with E-state index in [9.17, 15) is 0 Å². The molecule has 0 spiro atoms. The Morgan fingerprint density at radius 3 is 2.83 bits per heavy atom. The molecule has 4 nitrogen and oxygen atoms in total. The van der Waals surface area contributed by atoms with E-state index < -0.39 is 0 Å². The number of hydrogen-bond acceptors (Lipinski definition) is 2. The second-order valence-corrected chi connectivity index (χ2v) is 5.02. The number of thiocarbonyl (C=S) groups is 1. The van der Waals surface area contributed by atoms with Gasteiger partial charge in [-0.1, -0.05) is 18.2 Å². The van der Waals surface area contributed by atoms with Crippen molar-refractivity contribution in [3.05, 3.63) is 30.3 Å². The number of anilines is 1. The van der Waals surface area contributed by atoms with Crippen LogP contribution in [-0.2, 0) is 0 Å². The highest BCUT2D eigenvalue weighted by Crippen LogP contribution is 2.19. The number of hydrazine groups is 1. The van der Waals surface area contributed by atoms with Gasteiger partial charge in [-0.15, -0.1) is 0 Å². The molecule has 0 bridgehead atoms. The molecule has 0 radical (unpaired) electrons. The maximum Gasteiger partial charge on any atom is 0.194 e. The first kappa shape index (κ1) is 11.5. The highest BCUT2D eigenvalue weighted by Gasteiger charge is 2.22. The normalized spacial score (nSPS) is 20.9. The van der Waals surface area contributed by atoms with Gasteiger partial charge >= 0.3 is 0 Å². The lowest BCUT2D eigenvalue weighted by Crippen LogP contribution is -2.34. The summed E-state index contributed by atoms with van der Waals surface area (Å²) in [6, 6.07) is 10.8. The molecule has 1 aromatic rings. The molecule has 0 atom stereocenters. The Balaban J connectivity index is 1.60. The van der Waals surface area contributed by atoms with E-state index in [2.05, 4.69) is 32.9 Å². The van der Waals surface area contributed by atoms with E-state index in [4.69, 9.17) is 12.2 Å². The molecule has 0 aromatic heterocycles. The maximum absolute atomic E-state index is 5.21. The van der Waals surface area contributed by atoms with Crippen LogP contribution in [0.3, 0.4) is 0 Å². The lowest BCUT2D eigenvalue weighted by molar-refractivity contribution is 0.857. The predicted molar refractivity (Wildman–Crippen MR) is 77.7 cm³/mol. The van der Waals surface area contributed by atoms with Gasteiger partial charge in [-0.2, -0.15) is 0 Å². The maximum atomic E-state index is 5.21. The van der Waals surface area contributed by atoms with E-state index in [0.717, 1.165) is 24.5 Å². The average Bonchev–Trinajstić information content (AvgIpc) is 3.06. The zero-order valence-corrected chi connectivity index (χ0v) is 10.9. The first-order valence-corrected chi connectivity index (χ1v) is 6.69. The second kappa shape index (κ2) is 4.94. The van der Waals surface area contributed by atoms with Crippen LogP contribution in [-0.4, -0.2) is 23.5 Å². The Labute approximate surface area is 112 Å². The molecular weight excluding hydrogens is 244 g/mol. The number of hydrogen-bond donors (Lipinski definition) is 2. The summed E-state index contributed by atoms with van der Waals surface area (Å²) in [5, 5.41) is 5.92. The topological polar surface area (TPSA) is 39.7 Å². The monoisotopic (exact) mass is 260 g/mol. The van der Waals surface area contributed by atoms with Gasteiger partial charge in [0.1, 0.15) is 5.84 Å². The number of amidine groups is 1. The zero-order chi connectivity index (χ0) is 12.4. The van der Waals surface area contributed by atoms with E-state index >= 15 is 0 Å². The van der Waals surface area contributed by atoms with E-state index in [1.54, 1.807) is 0 Å². The number of nitrogens with one attached hydrogen (secondary N) is 2. The fraction of sp³-hybridized carbons (Fsp3) is 0.385. The smallest absolute Gasteiger partial charge is 0.194 e. The minimum Gasteiger partial charge on any atom is -0.358 e. The van der Waals surface area contributed by atoms with E-state index in [1.807, 2.05) is 18.2 Å². The minimum absolute atomic E-state index is 0.563. The van der Waals surface area contributed by atoms with Crippen molar-refractivity contribution in [2.45, 2.75) is 25.3 Å². The summed E-state index contributed by atoms with van der Waals surface area (Å²) in [6.45, 7) is 0.925. The van der Waals surface area contributed by atoms with Crippen LogP contribution in [0.1, 0.15) is 19.3 Å². The van der Waals surface area contributed by atoms with Crippen molar-refractivity contribution in [3.8, 4) is 0 Å². The van der Waals surface area contributed by atoms with Crippen LogP contribution in [0.5, 0.6) is 0 Å². The van der Waals surface area contributed by atoms with Gasteiger partial charge in [0.15, 0.2) is 5.11 Å². The molecule has 3 rings (SSSR count). The van der Waals surface area contributed by atoms with Crippen LogP contribution < -0.4 is 15.8 Å². The van der Waals surface area contributed by atoms with Gasteiger partial charge in [-0.25, -0.2) is 4.99 Å². The van der Waals surface area contributed by atoms with Crippen LogP contribution in [0.25, 0.3) is 0 Å². The number of benzene rings is 1. The van der Waals surface area contributed by atoms with Crippen LogP contribution >= 0.6 is 12.2 Å². The highest BCUT2D eigenvalue weighted by atomic mass is 32.1. The summed E-state index contributed by atoms with van der Waals surface area (Å²) in [5.74, 6) is 0.942. The molecule has 1 aliphatic heterocycles. The first-order chi connectivity index (χ1) is 8.81. The third-order valence-corrected chi connectivity index (χ3v) is 3.25. The molecule has 1 aliphatic carbocycles. The van der Waals surface area contributed by atoms with Gasteiger partial charge in [0.2, 0.25) is 0 Å². The molecule has 18 heavy (non-hydrogen) atoms. The van der Waals surface area contributed by atoms with Crippen molar-refractivity contribution in [2.24, 2.45) is 4.99 Å². The number of nitrogens with zero attached hydrogens (tertiary/aromatic N) is 2. The van der Waals surface area contributed by atoms with Gasteiger partial charge in [-0.05, 0) is 37.2 Å². The van der Waals surface area contributed by atoms with Gasteiger partial charge < -0.3 is 5.32 Å². The van der Waals surface area contributed by atoms with Crippen molar-refractivity contribution in [1.82, 2.24) is 10.7 Å². The van der Waals surface area contributed by atoms with Crippen LogP contribution in [0.2, 0.25) is 0 Å². The summed E-state index contributed by atoms with van der Waals surface area (Å²) in [6.07, 6.45) is 3.34. The second-order valence-electron chi connectivity index (χ2n) is 4.63. The summed E-state index contributed by atoms with van der Waals surface area (Å²) in [4.78, 5) is 4.42. The third kappa shape index (κ3) is 2.79. The lowest BCUT2D eigenvalue weighted by Gasteiger charge is -2.17. The quantitative estimate of drug-likeness (QED) is 0.796. The molecule has 2 N–H and O–H groups in total. The van der Waals surface area contributed by atoms with Gasteiger partial charge in [-0.3, -0.25) is 10.4 Å². The minimum atomic E-state index is 0.563. The SMILES string of the molecule is S=C(/N=C1\CCN(c2ccccc2)N1)NC1CC1. The summed E-state index contributed by atoms with van der Waals surface area (Å²) in [7, 11) is 0. The number of rotatable bonds is 2. The van der Waals surface area contributed by atoms with E-state index in [-0.39, 0.29) is 0 Å². The molecule has 2 fully saturated rings. The Hall–Kier alpha value is -1.62. The fourth-order valence-electron chi connectivity index (χ4n) is 1.92. The van der Waals surface area contributed by atoms with Crippen LogP contribution in [0, 0.1) is 0 Å². The largest absolute Gasteiger partial charge is 0.358 e. The Bertz CT molecular complexity index is 467. The number of aliphatic imine (C=N–C) groups is 1. The summed E-state index contributed by atoms with van der Waals surface area (Å²) < 4.78 is 0. The Kier molecular flexibility index (Phi) is 3.15. The molecule has 1 aromatic carbocycles. The van der Waals surface area contributed by atoms with E-state index in [1.165, 1.54) is 12.8 Å². The van der Waals surface area contributed by atoms with Crippen molar-refractivity contribution >= 4 is 28.9 Å². The fourth-order valence-corrected chi connectivity index (χ4v) is 2.20. The molecule has 94 valence electrons. The van der Waals surface area contributed by atoms with Gasteiger partial charge in [0.25, 0.3) is 0 Å².